The van der Waals surface area contributed by atoms with Crippen LogP contribution in [0.4, 0.5) is 0 Å². The van der Waals surface area contributed by atoms with Gasteiger partial charge in [0.2, 0.25) is 12.7 Å². The Bertz CT molecular complexity index is 808. The van der Waals surface area contributed by atoms with Crippen molar-refractivity contribution in [3.8, 4) is 11.5 Å². The van der Waals surface area contributed by atoms with Gasteiger partial charge in [-0.25, -0.2) is 0 Å². The lowest BCUT2D eigenvalue weighted by Gasteiger charge is -2.28. The first-order valence-corrected chi connectivity index (χ1v) is 11.1. The van der Waals surface area contributed by atoms with Crippen molar-refractivity contribution in [2.24, 2.45) is 10.9 Å². The maximum Gasteiger partial charge on any atom is 0.231 e. The Kier molecular flexibility index (Phi) is 7.93. The zero-order chi connectivity index (χ0) is 21.1. The summed E-state index contributed by atoms with van der Waals surface area (Å²) in [6, 6.07) is 6.37. The molecule has 0 aromatic heterocycles. The second kappa shape index (κ2) is 10.3. The summed E-state index contributed by atoms with van der Waals surface area (Å²) in [7, 11) is 1.79. The van der Waals surface area contributed by atoms with Crippen LogP contribution < -0.4 is 20.1 Å². The molecule has 3 aliphatic rings. The van der Waals surface area contributed by atoms with Crippen molar-refractivity contribution >= 4 is 35.8 Å². The van der Waals surface area contributed by atoms with Gasteiger partial charge >= 0.3 is 0 Å². The van der Waals surface area contributed by atoms with Gasteiger partial charge in [0.25, 0.3) is 0 Å². The molecule has 7 nitrogen and oxygen atoms in total. The minimum absolute atomic E-state index is 0. The molecule has 8 heteroatoms. The molecule has 1 amide bonds. The van der Waals surface area contributed by atoms with Crippen LogP contribution in [0, 0.1) is 5.92 Å². The topological polar surface area (TPSA) is 75.2 Å². The van der Waals surface area contributed by atoms with Crippen molar-refractivity contribution in [3.63, 3.8) is 0 Å². The number of guanidine groups is 1. The van der Waals surface area contributed by atoms with Crippen LogP contribution in [0.3, 0.4) is 0 Å². The minimum atomic E-state index is -0.112. The number of fused-ring (bicyclic) bond motifs is 1. The summed E-state index contributed by atoms with van der Waals surface area (Å²) < 4.78 is 10.9. The standard InChI is InChI=1S/C23H34N4O3.HI/c1-23(2,17-8-9-19-20(12-17)30-15-29-19)14-25-22(24-3)26-18-10-11-27(13-18)21(28)16-6-4-5-7-16;/h8-9,12,16,18H,4-7,10-11,13-15H2,1-3H3,(H2,24,25,26);1H. The number of carbonyl (C=O) groups excluding carboxylic acids is 1. The third-order valence-electron chi connectivity index (χ3n) is 6.62. The third kappa shape index (κ3) is 5.56. The summed E-state index contributed by atoms with van der Waals surface area (Å²) in [4.78, 5) is 19.1. The molecule has 1 aliphatic carbocycles. The number of nitrogens with zero attached hydrogens (tertiary/aromatic N) is 2. The molecule has 172 valence electrons. The van der Waals surface area contributed by atoms with E-state index in [0.717, 1.165) is 56.4 Å². The Balaban J connectivity index is 0.00000272. The Morgan fingerprint density at radius 1 is 1.19 bits per heavy atom. The first-order valence-electron chi connectivity index (χ1n) is 11.1. The first-order chi connectivity index (χ1) is 14.5. The van der Waals surface area contributed by atoms with E-state index in [-0.39, 0.29) is 48.1 Å². The highest BCUT2D eigenvalue weighted by molar-refractivity contribution is 14.0. The second-order valence-electron chi connectivity index (χ2n) is 9.27. The fraction of sp³-hybridized carbons (Fsp3) is 0.652. The largest absolute Gasteiger partial charge is 0.454 e. The highest BCUT2D eigenvalue weighted by Crippen LogP contribution is 2.36. The average Bonchev–Trinajstić information content (AvgIpc) is 3.51. The van der Waals surface area contributed by atoms with E-state index in [1.54, 1.807) is 7.05 Å². The number of aliphatic imine (C=N–C) groups is 1. The predicted octanol–water partition coefficient (Wildman–Crippen LogP) is 3.27. The SMILES string of the molecule is CN=C(NCC(C)(C)c1ccc2c(c1)OCO2)NC1CCN(C(=O)C2CCCC2)C1.I. The van der Waals surface area contributed by atoms with Gasteiger partial charge < -0.3 is 25.0 Å². The number of ether oxygens (including phenoxy) is 2. The highest BCUT2D eigenvalue weighted by atomic mass is 127. The molecule has 2 fully saturated rings. The van der Waals surface area contributed by atoms with Gasteiger partial charge in [0.15, 0.2) is 17.5 Å². The van der Waals surface area contributed by atoms with Crippen LogP contribution >= 0.6 is 24.0 Å². The summed E-state index contributed by atoms with van der Waals surface area (Å²) in [5.74, 6) is 3.00. The Hall–Kier alpha value is -1.71. The molecule has 1 aromatic rings. The summed E-state index contributed by atoms with van der Waals surface area (Å²) in [5.41, 5.74) is 1.07. The molecule has 0 radical (unpaired) electrons. The molecular weight excluding hydrogens is 507 g/mol. The molecule has 1 saturated heterocycles. The van der Waals surface area contributed by atoms with Crippen LogP contribution in [0.5, 0.6) is 11.5 Å². The molecule has 4 rings (SSSR count). The molecule has 1 aromatic carbocycles. The van der Waals surface area contributed by atoms with Gasteiger partial charge in [0.05, 0.1) is 0 Å². The van der Waals surface area contributed by atoms with Gasteiger partial charge in [-0.05, 0) is 37.0 Å². The fourth-order valence-electron chi connectivity index (χ4n) is 4.62. The van der Waals surface area contributed by atoms with Crippen LogP contribution in [-0.2, 0) is 10.2 Å². The summed E-state index contributed by atoms with van der Waals surface area (Å²) >= 11 is 0. The van der Waals surface area contributed by atoms with E-state index in [4.69, 9.17) is 9.47 Å². The van der Waals surface area contributed by atoms with E-state index in [1.165, 1.54) is 18.4 Å². The molecule has 0 spiro atoms. The maximum atomic E-state index is 12.7. The predicted molar refractivity (Wildman–Crippen MR) is 132 cm³/mol. The van der Waals surface area contributed by atoms with Gasteiger partial charge in [0, 0.05) is 44.1 Å². The van der Waals surface area contributed by atoms with Crippen LogP contribution in [0.2, 0.25) is 0 Å². The van der Waals surface area contributed by atoms with Crippen molar-refractivity contribution in [2.45, 2.75) is 57.4 Å². The van der Waals surface area contributed by atoms with Gasteiger partial charge in [-0.3, -0.25) is 9.79 Å². The van der Waals surface area contributed by atoms with E-state index in [0.29, 0.717) is 5.91 Å². The van der Waals surface area contributed by atoms with E-state index in [1.807, 2.05) is 11.0 Å². The maximum absolute atomic E-state index is 12.7. The van der Waals surface area contributed by atoms with Crippen molar-refractivity contribution in [1.29, 1.82) is 0 Å². The average molecular weight is 542 g/mol. The smallest absolute Gasteiger partial charge is 0.231 e. The summed E-state index contributed by atoms with van der Waals surface area (Å²) in [6.45, 7) is 7.01. The van der Waals surface area contributed by atoms with E-state index < -0.39 is 0 Å². The van der Waals surface area contributed by atoms with E-state index >= 15 is 0 Å². The number of likely N-dealkylation sites (tertiary alicyclic amines) is 1. The lowest BCUT2D eigenvalue weighted by molar-refractivity contribution is -0.134. The number of amides is 1. The van der Waals surface area contributed by atoms with Gasteiger partial charge in [-0.1, -0.05) is 32.8 Å². The monoisotopic (exact) mass is 542 g/mol. The Morgan fingerprint density at radius 3 is 2.68 bits per heavy atom. The van der Waals surface area contributed by atoms with Gasteiger partial charge in [-0.15, -0.1) is 24.0 Å². The van der Waals surface area contributed by atoms with Crippen LogP contribution in [0.25, 0.3) is 0 Å². The fourth-order valence-corrected chi connectivity index (χ4v) is 4.62. The quantitative estimate of drug-likeness (QED) is 0.340. The van der Waals surface area contributed by atoms with Crippen LogP contribution in [-0.4, -0.2) is 56.3 Å². The van der Waals surface area contributed by atoms with Crippen molar-refractivity contribution < 1.29 is 14.3 Å². The van der Waals surface area contributed by atoms with Gasteiger partial charge in [-0.2, -0.15) is 0 Å². The van der Waals surface area contributed by atoms with Gasteiger partial charge in [0.1, 0.15) is 0 Å². The van der Waals surface area contributed by atoms with Crippen LogP contribution in [0.1, 0.15) is 51.5 Å². The Morgan fingerprint density at radius 2 is 1.94 bits per heavy atom. The zero-order valence-electron chi connectivity index (χ0n) is 18.8. The van der Waals surface area contributed by atoms with E-state index in [2.05, 4.69) is 41.6 Å². The molecular formula is C23H35IN4O3. The minimum Gasteiger partial charge on any atom is -0.454 e. The van der Waals surface area contributed by atoms with E-state index in [9.17, 15) is 4.79 Å². The lowest BCUT2D eigenvalue weighted by Crippen LogP contribution is -2.48. The van der Waals surface area contributed by atoms with Crippen molar-refractivity contribution in [1.82, 2.24) is 15.5 Å². The number of benzene rings is 1. The Labute approximate surface area is 202 Å². The number of rotatable bonds is 5. The molecule has 1 saturated carbocycles. The second-order valence-corrected chi connectivity index (χ2v) is 9.27. The summed E-state index contributed by atoms with van der Waals surface area (Å²) in [6.07, 6.45) is 5.48. The molecule has 2 aliphatic heterocycles. The number of carbonyl (C=O) groups is 1. The third-order valence-corrected chi connectivity index (χ3v) is 6.62. The number of halogens is 1. The number of hydrogen-bond donors (Lipinski definition) is 2. The molecule has 2 heterocycles. The highest BCUT2D eigenvalue weighted by Gasteiger charge is 2.32. The molecule has 2 N–H and O–H groups in total. The van der Waals surface area contributed by atoms with Crippen molar-refractivity contribution in [3.05, 3.63) is 23.8 Å². The summed E-state index contributed by atoms with van der Waals surface area (Å²) in [5, 5.41) is 6.97. The molecule has 1 atom stereocenters. The number of nitrogens with one attached hydrogen (secondary N) is 2. The number of hydrogen-bond acceptors (Lipinski definition) is 4. The lowest BCUT2D eigenvalue weighted by atomic mass is 9.84. The first kappa shape index (κ1) is 23.9. The zero-order valence-corrected chi connectivity index (χ0v) is 21.1. The normalized spacial score (nSPS) is 21.2. The van der Waals surface area contributed by atoms with Crippen molar-refractivity contribution in [2.75, 3.05) is 33.5 Å². The van der Waals surface area contributed by atoms with Crippen LogP contribution in [0.15, 0.2) is 23.2 Å². The molecule has 31 heavy (non-hydrogen) atoms. The molecule has 1 unspecified atom stereocenters. The molecule has 0 bridgehead atoms.